The van der Waals surface area contributed by atoms with Crippen LogP contribution < -0.4 is 10.6 Å². The van der Waals surface area contributed by atoms with Crippen molar-refractivity contribution in [1.29, 1.82) is 0 Å². The number of amides is 4. The minimum atomic E-state index is -1.12. The number of aromatic nitrogens is 1. The van der Waals surface area contributed by atoms with Gasteiger partial charge in [0.25, 0.3) is 5.91 Å². The first-order chi connectivity index (χ1) is 19.4. The van der Waals surface area contributed by atoms with Crippen molar-refractivity contribution >= 4 is 52.0 Å². The average molecular weight is 586 g/mol. The number of rotatable bonds is 10. The molecule has 0 spiro atoms. The Kier molecular flexibility index (Phi) is 9.25. The molecule has 3 N–H and O–H groups in total. The molecule has 3 fully saturated rings. The number of benzene rings is 1. The summed E-state index contributed by atoms with van der Waals surface area (Å²) < 4.78 is 0. The van der Waals surface area contributed by atoms with Crippen molar-refractivity contribution in [2.75, 3.05) is 24.2 Å². The fraction of sp³-hybridized carbons (Fsp3) is 0.536. The number of thioether (sulfide) groups is 1. The molecular formula is C28H35N5O5S2. The van der Waals surface area contributed by atoms with E-state index < -0.39 is 18.0 Å². The number of thiazole rings is 1. The van der Waals surface area contributed by atoms with Crippen molar-refractivity contribution in [3.05, 3.63) is 35.2 Å². The van der Waals surface area contributed by atoms with Crippen molar-refractivity contribution in [2.45, 2.75) is 75.2 Å². The fourth-order valence-electron chi connectivity index (χ4n) is 5.08. The lowest BCUT2D eigenvalue weighted by molar-refractivity contribution is -0.132. The van der Waals surface area contributed by atoms with Crippen LogP contribution in [0.5, 0.6) is 0 Å². The molecule has 2 aromatic rings. The van der Waals surface area contributed by atoms with Gasteiger partial charge in [-0.15, -0.1) is 23.1 Å². The maximum Gasteiger partial charge on any atom is 0.408 e. The molecule has 2 saturated heterocycles. The number of nitrogens with zero attached hydrogens (tertiary/aromatic N) is 3. The summed E-state index contributed by atoms with van der Waals surface area (Å²) in [6, 6.07) is 6.66. The van der Waals surface area contributed by atoms with Crippen LogP contribution in [0, 0.1) is 0 Å². The van der Waals surface area contributed by atoms with Crippen LogP contribution in [0.25, 0.3) is 11.3 Å². The lowest BCUT2D eigenvalue weighted by Gasteiger charge is -2.27. The van der Waals surface area contributed by atoms with Crippen LogP contribution in [0.4, 0.5) is 9.93 Å². The molecule has 1 saturated carbocycles. The summed E-state index contributed by atoms with van der Waals surface area (Å²) in [5.74, 6) is 0.0783. The summed E-state index contributed by atoms with van der Waals surface area (Å²) in [5.41, 5.74) is 2.08. The monoisotopic (exact) mass is 585 g/mol. The molecule has 3 aliphatic rings. The minimum Gasteiger partial charge on any atom is -0.465 e. The van der Waals surface area contributed by atoms with E-state index >= 15 is 0 Å². The van der Waals surface area contributed by atoms with Crippen molar-refractivity contribution in [3.8, 4) is 11.3 Å². The van der Waals surface area contributed by atoms with Gasteiger partial charge in [-0.25, -0.2) is 9.78 Å². The molecule has 0 bridgehead atoms. The number of likely N-dealkylation sites (tertiary alicyclic amines) is 1. The Hall–Kier alpha value is -3.12. The van der Waals surface area contributed by atoms with E-state index in [0.717, 1.165) is 50.8 Å². The second kappa shape index (κ2) is 13.0. The van der Waals surface area contributed by atoms with E-state index in [1.807, 2.05) is 22.4 Å². The second-order valence-electron chi connectivity index (χ2n) is 10.5. The first kappa shape index (κ1) is 28.4. The minimum absolute atomic E-state index is 0.0815. The third kappa shape index (κ3) is 7.14. The van der Waals surface area contributed by atoms with E-state index in [0.29, 0.717) is 47.4 Å². The van der Waals surface area contributed by atoms with Gasteiger partial charge in [0, 0.05) is 47.8 Å². The van der Waals surface area contributed by atoms with Crippen LogP contribution in [0.15, 0.2) is 29.6 Å². The van der Waals surface area contributed by atoms with Crippen molar-refractivity contribution < 1.29 is 24.3 Å². The maximum atomic E-state index is 13.1. The summed E-state index contributed by atoms with van der Waals surface area (Å²) in [5, 5.41) is 17.5. The standard InChI is InChI=1S/C28H35N5O5S2/c34-23(32-14-4-1-5-15-32)6-2-3-7-24-33(28(37)38)22(17-39-24)26(36)31-27-30-21(16-40-27)18-8-10-19(11-9-18)25(35)29-20-12-13-20/h8-11,16,20,22,24H,1-7,12-15,17H2,(H,29,35)(H,37,38)(H,30,31,36). The molecule has 1 aliphatic carbocycles. The highest BCUT2D eigenvalue weighted by Gasteiger charge is 2.41. The molecule has 214 valence electrons. The zero-order valence-corrected chi connectivity index (χ0v) is 24.0. The molecule has 4 amide bonds. The van der Waals surface area contributed by atoms with Gasteiger partial charge in [-0.05, 0) is 57.1 Å². The zero-order valence-electron chi connectivity index (χ0n) is 22.3. The number of carbonyl (C=O) groups excluding carboxylic acids is 3. The van der Waals surface area contributed by atoms with Crippen LogP contribution in [0.1, 0.15) is 68.1 Å². The highest BCUT2D eigenvalue weighted by Crippen LogP contribution is 2.34. The van der Waals surface area contributed by atoms with Crippen molar-refractivity contribution in [3.63, 3.8) is 0 Å². The van der Waals surface area contributed by atoms with E-state index in [-0.39, 0.29) is 17.2 Å². The Bertz CT molecular complexity index is 1230. The summed E-state index contributed by atoms with van der Waals surface area (Å²) in [7, 11) is 0. The molecule has 40 heavy (non-hydrogen) atoms. The SMILES string of the molecule is O=C(NC1CC1)c1ccc(-c2csc(NC(=O)C3CSC(CCCCC(=O)N4CCCCC4)N3C(=O)O)n2)cc1. The third-order valence-electron chi connectivity index (χ3n) is 7.51. The highest BCUT2D eigenvalue weighted by atomic mass is 32.2. The molecule has 2 unspecified atom stereocenters. The Morgan fingerprint density at radius 3 is 2.48 bits per heavy atom. The van der Waals surface area contributed by atoms with E-state index in [4.69, 9.17) is 0 Å². The quantitative estimate of drug-likeness (QED) is 0.346. The molecule has 5 rings (SSSR count). The Morgan fingerprint density at radius 2 is 1.77 bits per heavy atom. The molecule has 1 aromatic carbocycles. The largest absolute Gasteiger partial charge is 0.465 e. The van der Waals surface area contributed by atoms with E-state index in [2.05, 4.69) is 15.6 Å². The maximum absolute atomic E-state index is 13.1. The van der Waals surface area contributed by atoms with Gasteiger partial charge < -0.3 is 20.6 Å². The second-order valence-corrected chi connectivity index (χ2v) is 12.6. The van der Waals surface area contributed by atoms with Crippen LogP contribution in [0.3, 0.4) is 0 Å². The average Bonchev–Trinajstić information content (AvgIpc) is 3.47. The number of piperidine rings is 1. The molecular weight excluding hydrogens is 550 g/mol. The summed E-state index contributed by atoms with van der Waals surface area (Å²) in [6.07, 6.45) is 6.78. The van der Waals surface area contributed by atoms with E-state index in [9.17, 15) is 24.3 Å². The van der Waals surface area contributed by atoms with Crippen molar-refractivity contribution in [1.82, 2.24) is 20.1 Å². The summed E-state index contributed by atoms with van der Waals surface area (Å²) in [6.45, 7) is 1.68. The molecule has 10 nitrogen and oxygen atoms in total. The number of hydrogen-bond acceptors (Lipinski definition) is 7. The molecule has 12 heteroatoms. The van der Waals surface area contributed by atoms with Crippen molar-refractivity contribution in [2.24, 2.45) is 0 Å². The van der Waals surface area contributed by atoms with Gasteiger partial charge in [0.2, 0.25) is 11.8 Å². The topological polar surface area (TPSA) is 132 Å². The number of nitrogens with one attached hydrogen (secondary N) is 2. The van der Waals surface area contributed by atoms with Crippen LogP contribution >= 0.6 is 23.1 Å². The molecule has 0 radical (unpaired) electrons. The number of unbranched alkanes of at least 4 members (excludes halogenated alkanes) is 1. The molecule has 2 aliphatic heterocycles. The van der Waals surface area contributed by atoms with Gasteiger partial charge in [-0.2, -0.15) is 0 Å². The smallest absolute Gasteiger partial charge is 0.408 e. The number of carbonyl (C=O) groups is 4. The van der Waals surface area contributed by atoms with Crippen LogP contribution in [-0.2, 0) is 9.59 Å². The number of carboxylic acid groups (broad SMARTS) is 1. The van der Waals surface area contributed by atoms with E-state index in [1.165, 1.54) is 34.4 Å². The third-order valence-corrected chi connectivity index (χ3v) is 9.62. The van der Waals surface area contributed by atoms with Crippen LogP contribution in [0.2, 0.25) is 0 Å². The lowest BCUT2D eigenvalue weighted by atomic mass is 10.1. The zero-order chi connectivity index (χ0) is 28.1. The highest BCUT2D eigenvalue weighted by molar-refractivity contribution is 8.00. The van der Waals surface area contributed by atoms with Gasteiger partial charge in [0.1, 0.15) is 6.04 Å². The summed E-state index contributed by atoms with van der Waals surface area (Å²) in [4.78, 5) is 57.5. The number of anilines is 1. The Labute approximate surface area is 241 Å². The van der Waals surface area contributed by atoms with Gasteiger partial charge >= 0.3 is 6.09 Å². The van der Waals surface area contributed by atoms with Crippen LogP contribution in [-0.4, -0.2) is 80.0 Å². The van der Waals surface area contributed by atoms with Gasteiger partial charge in [-0.1, -0.05) is 18.6 Å². The summed E-state index contributed by atoms with van der Waals surface area (Å²) >= 11 is 2.73. The fourth-order valence-corrected chi connectivity index (χ4v) is 7.25. The van der Waals surface area contributed by atoms with Gasteiger partial charge in [-0.3, -0.25) is 19.3 Å². The normalized spacial score (nSPS) is 20.8. The molecule has 3 heterocycles. The number of hydrogen-bond donors (Lipinski definition) is 3. The van der Waals surface area contributed by atoms with Gasteiger partial charge in [0.05, 0.1) is 11.1 Å². The molecule has 2 atom stereocenters. The predicted octanol–water partition coefficient (Wildman–Crippen LogP) is 4.64. The first-order valence-electron chi connectivity index (χ1n) is 14.0. The Balaban J connectivity index is 1.11. The predicted molar refractivity (Wildman–Crippen MR) is 155 cm³/mol. The first-order valence-corrected chi connectivity index (χ1v) is 15.9. The molecule has 1 aromatic heterocycles. The Morgan fingerprint density at radius 1 is 1.02 bits per heavy atom. The van der Waals surface area contributed by atoms with E-state index in [1.54, 1.807) is 12.1 Å². The van der Waals surface area contributed by atoms with Gasteiger partial charge in [0.15, 0.2) is 5.13 Å². The lowest BCUT2D eigenvalue weighted by Crippen LogP contribution is -2.47.